The molecule has 0 spiro atoms. The van der Waals surface area contributed by atoms with Crippen molar-refractivity contribution in [3.63, 3.8) is 0 Å². The Morgan fingerprint density at radius 2 is 0.928 bits per heavy atom. The Bertz CT molecular complexity index is 2350. The van der Waals surface area contributed by atoms with E-state index in [1.807, 2.05) is 128 Å². The molecule has 0 saturated carbocycles. The predicted octanol–water partition coefficient (Wildman–Crippen LogP) is 6.12. The number of hydrogen-bond donors (Lipinski definition) is 3. The average molecular weight is 946 g/mol. The average Bonchev–Trinajstić information content (AvgIpc) is 3.69. The second-order valence-electron chi connectivity index (χ2n) is 19.4. The number of ether oxygens (including phenoxy) is 3. The van der Waals surface area contributed by atoms with Crippen molar-refractivity contribution in [1.82, 2.24) is 16.0 Å². The molecule has 2 atom stereocenters. The fourth-order valence-corrected chi connectivity index (χ4v) is 7.44. The van der Waals surface area contributed by atoms with Gasteiger partial charge in [0.15, 0.2) is 0 Å². The van der Waals surface area contributed by atoms with E-state index in [2.05, 4.69) is 16.0 Å². The lowest BCUT2D eigenvalue weighted by Gasteiger charge is -2.32. The summed E-state index contributed by atoms with van der Waals surface area (Å²) in [5.41, 5.74) is 2.17. The fourth-order valence-electron chi connectivity index (χ4n) is 7.44. The van der Waals surface area contributed by atoms with Gasteiger partial charge in [-0.2, -0.15) is 0 Å². The molecule has 2 aliphatic heterocycles. The third kappa shape index (κ3) is 14.5. The van der Waals surface area contributed by atoms with E-state index in [9.17, 15) is 24.0 Å². The number of benzene rings is 4. The number of nitrogens with one attached hydrogen (secondary N) is 3. The molecule has 4 aromatic rings. The lowest BCUT2D eigenvalue weighted by atomic mass is 9.64. The molecule has 0 aliphatic carbocycles. The third-order valence-corrected chi connectivity index (χ3v) is 13.1. The lowest BCUT2D eigenvalue weighted by Crippen LogP contribution is -2.52. The minimum Gasteiger partial charge on any atom is -0.461 e. The van der Waals surface area contributed by atoms with E-state index in [0.717, 1.165) is 33.2 Å². The normalized spacial score (nSPS) is 17.3. The lowest BCUT2D eigenvalue weighted by molar-refractivity contribution is -0.149. The van der Waals surface area contributed by atoms with Crippen LogP contribution in [0.25, 0.3) is 0 Å². The van der Waals surface area contributed by atoms with Crippen molar-refractivity contribution >= 4 is 55.0 Å². The molecule has 6 rings (SSSR count). The van der Waals surface area contributed by atoms with Crippen LogP contribution in [0, 0.1) is 0 Å². The van der Waals surface area contributed by atoms with Gasteiger partial charge in [-0.05, 0) is 108 Å². The van der Waals surface area contributed by atoms with E-state index in [1.54, 1.807) is 36.4 Å². The zero-order chi connectivity index (χ0) is 49.8. The maximum absolute atomic E-state index is 13.6. The molecule has 0 unspecified atom stereocenters. The molecule has 15 nitrogen and oxygen atoms in total. The SMILES string of the molecule is CC1(C)OB(c2ccc(CNC(=O)CCC[C@H](NC(=O)N[C@@H](CCC(=O)OCc3ccccc3)C(=O)OCc3ccccc3)C(=O)OCc3ccccc3)cc2B2OC(C)(C)C(C)(C)O2)OC1(C)C. The number of rotatable bonds is 21. The molecule has 2 aliphatic rings. The summed E-state index contributed by atoms with van der Waals surface area (Å²) in [7, 11) is -1.40. The van der Waals surface area contributed by atoms with Crippen LogP contribution in [-0.2, 0) is 78.4 Å². The van der Waals surface area contributed by atoms with E-state index in [1.165, 1.54) is 0 Å². The molecule has 2 heterocycles. The smallest absolute Gasteiger partial charge is 0.461 e. The van der Waals surface area contributed by atoms with Crippen LogP contribution in [0.5, 0.6) is 0 Å². The van der Waals surface area contributed by atoms with E-state index < -0.39 is 72.7 Å². The zero-order valence-electron chi connectivity index (χ0n) is 41.0. The van der Waals surface area contributed by atoms with Crippen LogP contribution in [0.4, 0.5) is 4.79 Å². The number of hydrogen-bond acceptors (Lipinski definition) is 12. The van der Waals surface area contributed by atoms with E-state index in [4.69, 9.17) is 32.8 Å². The van der Waals surface area contributed by atoms with Crippen molar-refractivity contribution in [2.75, 3.05) is 0 Å². The number of carbonyl (C=O) groups is 5. The topological polar surface area (TPSA) is 186 Å². The Balaban J connectivity index is 1.09. The number of esters is 3. The van der Waals surface area contributed by atoms with Crippen molar-refractivity contribution in [1.29, 1.82) is 0 Å². The highest BCUT2D eigenvalue weighted by molar-refractivity contribution is 6.74. The summed E-state index contributed by atoms with van der Waals surface area (Å²) in [5, 5.41) is 8.20. The maximum Gasteiger partial charge on any atom is 0.494 e. The van der Waals surface area contributed by atoms with Crippen LogP contribution in [0.15, 0.2) is 109 Å². The minimum atomic E-state index is -1.28. The Hall–Kier alpha value is -6.00. The Morgan fingerprint density at radius 1 is 0.507 bits per heavy atom. The summed E-state index contributed by atoms with van der Waals surface area (Å²) < 4.78 is 42.3. The van der Waals surface area contributed by atoms with Crippen LogP contribution < -0.4 is 26.9 Å². The molecule has 17 heteroatoms. The van der Waals surface area contributed by atoms with Gasteiger partial charge in [-0.25, -0.2) is 14.4 Å². The standard InChI is InChI=1S/C52H65B2N3O12/c1-49(2)50(3,4)67-53(66-49)40-28-27-39(31-41(40)54-68-51(5,6)52(7,8)69-54)32-55-44(58)26-18-25-42(46(60)64-34-37-21-14-10-15-22-37)56-48(62)57-43(47(61)65-35-38-23-16-11-17-24-38)29-30-45(59)63-33-36-19-12-9-13-20-36/h9-17,19-24,27-28,31,42-43H,18,25-26,29-30,32-35H2,1-8H3,(H,55,58)(H2,56,57,62)/t42-,43-/m0/s1. The highest BCUT2D eigenvalue weighted by Gasteiger charge is 2.56. The van der Waals surface area contributed by atoms with Crippen molar-refractivity contribution < 1.29 is 56.8 Å². The Morgan fingerprint density at radius 3 is 1.39 bits per heavy atom. The molecular weight excluding hydrogens is 880 g/mol. The number of urea groups is 1. The highest BCUT2D eigenvalue weighted by atomic mass is 16.7. The first-order chi connectivity index (χ1) is 32.7. The fraction of sp³-hybridized carbons (Fsp3) is 0.442. The van der Waals surface area contributed by atoms with Gasteiger partial charge in [-0.3, -0.25) is 9.59 Å². The first-order valence-corrected chi connectivity index (χ1v) is 23.5. The summed E-state index contributed by atoms with van der Waals surface area (Å²) in [6, 6.07) is 29.6. The van der Waals surface area contributed by atoms with Gasteiger partial charge in [-0.1, -0.05) is 109 Å². The monoisotopic (exact) mass is 945 g/mol. The Kier molecular flexibility index (Phi) is 17.5. The summed E-state index contributed by atoms with van der Waals surface area (Å²) >= 11 is 0. The largest absolute Gasteiger partial charge is 0.494 e. The highest BCUT2D eigenvalue weighted by Crippen LogP contribution is 2.38. The second-order valence-corrected chi connectivity index (χ2v) is 19.4. The van der Waals surface area contributed by atoms with Gasteiger partial charge >= 0.3 is 38.2 Å². The molecule has 0 aromatic heterocycles. The molecule has 2 fully saturated rings. The summed E-state index contributed by atoms with van der Waals surface area (Å²) in [6.45, 7) is 16.0. The van der Waals surface area contributed by atoms with Crippen LogP contribution in [-0.4, -0.2) is 78.6 Å². The molecule has 4 aromatic carbocycles. The quantitative estimate of drug-likeness (QED) is 0.0495. The van der Waals surface area contributed by atoms with Gasteiger partial charge < -0.3 is 48.8 Å². The maximum atomic E-state index is 13.6. The molecule has 0 radical (unpaired) electrons. The van der Waals surface area contributed by atoms with Crippen molar-refractivity contribution in [2.24, 2.45) is 0 Å². The molecular formula is C52H65B2N3O12. The minimum absolute atomic E-state index is 0.0153. The van der Waals surface area contributed by atoms with Gasteiger partial charge in [0, 0.05) is 19.4 Å². The van der Waals surface area contributed by atoms with Gasteiger partial charge in [0.05, 0.1) is 22.4 Å². The van der Waals surface area contributed by atoms with Gasteiger partial charge in [0.1, 0.15) is 31.9 Å². The van der Waals surface area contributed by atoms with Crippen LogP contribution in [0.1, 0.15) is 110 Å². The third-order valence-electron chi connectivity index (χ3n) is 13.1. The van der Waals surface area contributed by atoms with E-state index >= 15 is 0 Å². The van der Waals surface area contributed by atoms with Crippen LogP contribution >= 0.6 is 0 Å². The van der Waals surface area contributed by atoms with Gasteiger partial charge in [0.2, 0.25) is 5.91 Å². The summed E-state index contributed by atoms with van der Waals surface area (Å²) in [6.07, 6.45) is -0.121. The molecule has 69 heavy (non-hydrogen) atoms. The van der Waals surface area contributed by atoms with Crippen LogP contribution in [0.3, 0.4) is 0 Å². The van der Waals surface area contributed by atoms with E-state index in [-0.39, 0.29) is 64.4 Å². The number of amides is 3. The first-order valence-electron chi connectivity index (χ1n) is 23.5. The Labute approximate surface area is 406 Å². The van der Waals surface area contributed by atoms with Gasteiger partial charge in [0.25, 0.3) is 0 Å². The summed E-state index contributed by atoms with van der Waals surface area (Å²) in [4.78, 5) is 66.8. The molecule has 2 saturated heterocycles. The second kappa shape index (κ2) is 23.1. The van der Waals surface area contributed by atoms with E-state index in [0.29, 0.717) is 0 Å². The summed E-state index contributed by atoms with van der Waals surface area (Å²) in [5.74, 6) is -2.38. The van der Waals surface area contributed by atoms with Crippen molar-refractivity contribution in [2.45, 2.75) is 148 Å². The molecule has 0 bridgehead atoms. The number of carbonyl (C=O) groups excluding carboxylic acids is 5. The predicted molar refractivity (Wildman–Crippen MR) is 261 cm³/mol. The molecule has 3 amide bonds. The van der Waals surface area contributed by atoms with Gasteiger partial charge in [-0.15, -0.1) is 0 Å². The van der Waals surface area contributed by atoms with Crippen LogP contribution in [0.2, 0.25) is 0 Å². The van der Waals surface area contributed by atoms with Crippen molar-refractivity contribution in [3.05, 3.63) is 131 Å². The molecule has 3 N–H and O–H groups in total. The zero-order valence-corrected chi connectivity index (χ0v) is 41.0. The molecule has 366 valence electrons. The van der Waals surface area contributed by atoms with Crippen molar-refractivity contribution in [3.8, 4) is 0 Å². The first kappa shape index (κ1) is 52.4.